The number of amides is 1. The molecule has 0 radical (unpaired) electrons. The quantitative estimate of drug-likeness (QED) is 0.731. The molecule has 7 heteroatoms. The Morgan fingerprint density at radius 3 is 2.70 bits per heavy atom. The van der Waals surface area contributed by atoms with Crippen molar-refractivity contribution in [2.75, 3.05) is 19.6 Å². The SMILES string of the molecule is Cc1nc(-c2ccccc2)cc([C@@H]2CN3CC[C@H]2C[C@@H]3CNC(=O)CCC(=O)O)n1. The van der Waals surface area contributed by atoms with Crippen molar-refractivity contribution in [1.82, 2.24) is 20.2 Å². The summed E-state index contributed by atoms with van der Waals surface area (Å²) in [4.78, 5) is 34.4. The minimum absolute atomic E-state index is 0.0383. The maximum atomic E-state index is 11.9. The molecular formula is C23H28N4O3. The van der Waals surface area contributed by atoms with Crippen LogP contribution in [0.25, 0.3) is 11.3 Å². The average molecular weight is 409 g/mol. The molecular weight excluding hydrogens is 380 g/mol. The maximum absolute atomic E-state index is 11.9. The van der Waals surface area contributed by atoms with Crippen LogP contribution >= 0.6 is 0 Å². The molecule has 30 heavy (non-hydrogen) atoms. The summed E-state index contributed by atoms with van der Waals surface area (Å²) < 4.78 is 0. The van der Waals surface area contributed by atoms with E-state index in [-0.39, 0.29) is 18.7 Å². The molecule has 7 nitrogen and oxygen atoms in total. The van der Waals surface area contributed by atoms with E-state index in [0.717, 1.165) is 48.7 Å². The molecule has 4 atom stereocenters. The highest BCUT2D eigenvalue weighted by molar-refractivity contribution is 5.80. The van der Waals surface area contributed by atoms with Crippen LogP contribution in [0.5, 0.6) is 0 Å². The first-order chi connectivity index (χ1) is 14.5. The molecule has 2 bridgehead atoms. The summed E-state index contributed by atoms with van der Waals surface area (Å²) in [6.07, 6.45) is 2.07. The van der Waals surface area contributed by atoms with E-state index in [2.05, 4.69) is 33.4 Å². The van der Waals surface area contributed by atoms with E-state index in [1.54, 1.807) is 0 Å². The van der Waals surface area contributed by atoms with Crippen LogP contribution in [0.2, 0.25) is 0 Å². The van der Waals surface area contributed by atoms with Gasteiger partial charge in [-0.15, -0.1) is 0 Å². The third-order valence-electron chi connectivity index (χ3n) is 6.29. The van der Waals surface area contributed by atoms with Gasteiger partial charge >= 0.3 is 5.97 Å². The number of carboxylic acid groups (broad SMARTS) is 1. The first-order valence-corrected chi connectivity index (χ1v) is 10.6. The van der Waals surface area contributed by atoms with Crippen LogP contribution in [-0.2, 0) is 9.59 Å². The normalized spacial score (nSPS) is 25.1. The van der Waals surface area contributed by atoms with E-state index < -0.39 is 5.97 Å². The lowest BCUT2D eigenvalue weighted by Crippen LogP contribution is -2.56. The molecule has 1 aromatic heterocycles. The first kappa shape index (κ1) is 20.5. The zero-order valence-electron chi connectivity index (χ0n) is 17.3. The van der Waals surface area contributed by atoms with Crippen molar-refractivity contribution in [3.8, 4) is 11.3 Å². The number of benzene rings is 1. The van der Waals surface area contributed by atoms with Crippen LogP contribution in [0.3, 0.4) is 0 Å². The van der Waals surface area contributed by atoms with Gasteiger partial charge in [-0.05, 0) is 38.3 Å². The molecule has 5 rings (SSSR count). The van der Waals surface area contributed by atoms with E-state index >= 15 is 0 Å². The van der Waals surface area contributed by atoms with E-state index in [9.17, 15) is 9.59 Å². The summed E-state index contributed by atoms with van der Waals surface area (Å²) in [6, 6.07) is 12.7. The standard InChI is InChI=1S/C23H28N4O3/c1-15-25-20(16-5-3-2-4-6-16)12-21(26-15)19-14-27-10-9-17(19)11-18(27)13-24-22(28)7-8-23(29)30/h2-6,12,17-19H,7-11,13-14H2,1H3,(H,24,28)(H,29,30)/t17-,18+,19+/m0/s1. The van der Waals surface area contributed by atoms with Gasteiger partial charge < -0.3 is 10.4 Å². The van der Waals surface area contributed by atoms with Crippen LogP contribution in [0, 0.1) is 12.8 Å². The van der Waals surface area contributed by atoms with Gasteiger partial charge in [-0.25, -0.2) is 9.97 Å². The van der Waals surface area contributed by atoms with Gasteiger partial charge in [0.2, 0.25) is 5.91 Å². The lowest BCUT2D eigenvalue weighted by Gasteiger charge is -2.49. The second kappa shape index (κ2) is 8.92. The van der Waals surface area contributed by atoms with E-state index in [1.807, 2.05) is 25.1 Å². The number of carboxylic acids is 1. The molecule has 158 valence electrons. The van der Waals surface area contributed by atoms with Crippen molar-refractivity contribution in [3.05, 3.63) is 47.9 Å². The molecule has 0 aliphatic carbocycles. The molecule has 1 unspecified atom stereocenters. The number of aryl methyl sites for hydroxylation is 1. The predicted octanol–water partition coefficient (Wildman–Crippen LogP) is 2.61. The zero-order chi connectivity index (χ0) is 21.1. The number of fused-ring (bicyclic) bond motifs is 3. The van der Waals surface area contributed by atoms with Crippen LogP contribution in [0.4, 0.5) is 0 Å². The highest BCUT2D eigenvalue weighted by atomic mass is 16.4. The van der Waals surface area contributed by atoms with Gasteiger partial charge in [0, 0.05) is 42.7 Å². The molecule has 1 aromatic carbocycles. The van der Waals surface area contributed by atoms with Gasteiger partial charge in [0.25, 0.3) is 0 Å². The van der Waals surface area contributed by atoms with Gasteiger partial charge in [-0.1, -0.05) is 30.3 Å². The Hall–Kier alpha value is -2.80. The summed E-state index contributed by atoms with van der Waals surface area (Å²) in [7, 11) is 0. The largest absolute Gasteiger partial charge is 0.481 e. The highest BCUT2D eigenvalue weighted by Crippen LogP contribution is 2.41. The Labute approximate surface area is 176 Å². The van der Waals surface area contributed by atoms with Crippen LogP contribution in [0.15, 0.2) is 36.4 Å². The predicted molar refractivity (Wildman–Crippen MR) is 113 cm³/mol. The van der Waals surface area contributed by atoms with E-state index in [1.165, 1.54) is 0 Å². The number of nitrogens with zero attached hydrogens (tertiary/aromatic N) is 3. The summed E-state index contributed by atoms with van der Waals surface area (Å²) in [5, 5.41) is 11.6. The van der Waals surface area contributed by atoms with Crippen LogP contribution in [0.1, 0.15) is 43.1 Å². The van der Waals surface area contributed by atoms with Crippen LogP contribution in [-0.4, -0.2) is 57.5 Å². The van der Waals surface area contributed by atoms with E-state index in [0.29, 0.717) is 24.4 Å². The molecule has 3 aliphatic heterocycles. The Bertz CT molecular complexity index is 918. The van der Waals surface area contributed by atoms with Gasteiger partial charge in [-0.3, -0.25) is 14.5 Å². The van der Waals surface area contributed by atoms with Crippen LogP contribution < -0.4 is 5.32 Å². The number of nitrogens with one attached hydrogen (secondary N) is 1. The number of aromatic nitrogens is 2. The number of aliphatic carboxylic acids is 1. The second-order valence-corrected chi connectivity index (χ2v) is 8.33. The van der Waals surface area contributed by atoms with E-state index in [4.69, 9.17) is 10.1 Å². The number of hydrogen-bond donors (Lipinski definition) is 2. The Kier molecular flexibility index (Phi) is 6.08. The Morgan fingerprint density at radius 1 is 1.20 bits per heavy atom. The fourth-order valence-electron chi connectivity index (χ4n) is 4.76. The topological polar surface area (TPSA) is 95.4 Å². The summed E-state index contributed by atoms with van der Waals surface area (Å²) in [6.45, 7) is 4.50. The lowest BCUT2D eigenvalue weighted by molar-refractivity contribution is -0.138. The van der Waals surface area contributed by atoms with Gasteiger partial charge in [0.1, 0.15) is 5.82 Å². The number of hydrogen-bond acceptors (Lipinski definition) is 5. The molecule has 0 saturated carbocycles. The monoisotopic (exact) mass is 408 g/mol. The van der Waals surface area contributed by atoms with Crippen molar-refractivity contribution in [2.24, 2.45) is 5.92 Å². The van der Waals surface area contributed by atoms with Crippen molar-refractivity contribution < 1.29 is 14.7 Å². The fraction of sp³-hybridized carbons (Fsp3) is 0.478. The summed E-state index contributed by atoms with van der Waals surface area (Å²) >= 11 is 0. The third-order valence-corrected chi connectivity index (χ3v) is 6.29. The molecule has 2 aromatic rings. The molecule has 4 heterocycles. The molecule has 0 spiro atoms. The van der Waals surface area contributed by atoms with Crippen molar-refractivity contribution >= 4 is 11.9 Å². The minimum atomic E-state index is -0.941. The van der Waals surface area contributed by atoms with Crippen molar-refractivity contribution in [2.45, 2.75) is 44.6 Å². The van der Waals surface area contributed by atoms with Gasteiger partial charge in [0.05, 0.1) is 12.1 Å². The molecule has 2 N–H and O–H groups in total. The fourth-order valence-corrected chi connectivity index (χ4v) is 4.76. The molecule has 1 amide bonds. The zero-order valence-corrected chi connectivity index (χ0v) is 17.3. The smallest absolute Gasteiger partial charge is 0.303 e. The molecule has 3 fully saturated rings. The van der Waals surface area contributed by atoms with Crippen molar-refractivity contribution in [1.29, 1.82) is 0 Å². The number of carbonyl (C=O) groups is 2. The third kappa shape index (κ3) is 4.67. The summed E-state index contributed by atoms with van der Waals surface area (Å²) in [5.41, 5.74) is 3.18. The Balaban J connectivity index is 1.42. The van der Waals surface area contributed by atoms with Gasteiger partial charge in [0.15, 0.2) is 0 Å². The number of carbonyl (C=O) groups excluding carboxylic acids is 1. The molecule has 3 aliphatic rings. The highest BCUT2D eigenvalue weighted by Gasteiger charge is 2.41. The maximum Gasteiger partial charge on any atom is 0.303 e. The average Bonchev–Trinajstić information content (AvgIpc) is 2.76. The molecule has 3 saturated heterocycles. The summed E-state index contributed by atoms with van der Waals surface area (Å²) in [5.74, 6) is 0.583. The number of rotatable bonds is 7. The first-order valence-electron chi connectivity index (χ1n) is 10.6. The second-order valence-electron chi connectivity index (χ2n) is 8.33. The van der Waals surface area contributed by atoms with Crippen molar-refractivity contribution in [3.63, 3.8) is 0 Å². The van der Waals surface area contributed by atoms with Gasteiger partial charge in [-0.2, -0.15) is 0 Å². The number of piperidine rings is 3. The minimum Gasteiger partial charge on any atom is -0.481 e. The lowest BCUT2D eigenvalue weighted by atomic mass is 9.74. The Morgan fingerprint density at radius 2 is 2.00 bits per heavy atom.